The van der Waals surface area contributed by atoms with E-state index in [9.17, 15) is 9.59 Å². The first-order chi connectivity index (χ1) is 14.9. The molecule has 174 valence electrons. The van der Waals surface area contributed by atoms with E-state index >= 15 is 0 Å². The summed E-state index contributed by atoms with van der Waals surface area (Å²) in [6.07, 6.45) is 5.09. The summed E-state index contributed by atoms with van der Waals surface area (Å²) in [6, 6.07) is 15.1. The largest absolute Gasteiger partial charge is 0.332 e. The van der Waals surface area contributed by atoms with Gasteiger partial charge in [0.2, 0.25) is 0 Å². The van der Waals surface area contributed by atoms with Crippen molar-refractivity contribution in [2.24, 2.45) is 0 Å². The number of carbonyl (C=O) groups excluding carboxylic acids is 2. The van der Waals surface area contributed by atoms with Crippen LogP contribution in [0.1, 0.15) is 54.1 Å². The maximum absolute atomic E-state index is 12.4. The number of halogens is 1. The lowest BCUT2D eigenvalue weighted by Crippen LogP contribution is -2.34. The van der Waals surface area contributed by atoms with Crippen LogP contribution in [0.15, 0.2) is 48.5 Å². The van der Waals surface area contributed by atoms with Crippen LogP contribution < -0.4 is 10.6 Å². The van der Waals surface area contributed by atoms with Crippen molar-refractivity contribution in [3.63, 3.8) is 0 Å². The van der Waals surface area contributed by atoms with E-state index < -0.39 is 0 Å². The van der Waals surface area contributed by atoms with E-state index in [0.717, 1.165) is 43.5 Å². The first-order valence-electron chi connectivity index (χ1n) is 10.8. The molecule has 0 fully saturated rings. The molecule has 0 unspecified atom stereocenters. The zero-order valence-corrected chi connectivity index (χ0v) is 20.8. The van der Waals surface area contributed by atoms with Crippen molar-refractivity contribution in [1.29, 1.82) is 0 Å². The fourth-order valence-corrected chi connectivity index (χ4v) is 3.43. The highest BCUT2D eigenvalue weighted by atomic mass is 35.5. The van der Waals surface area contributed by atoms with Crippen molar-refractivity contribution >= 4 is 47.1 Å². The summed E-state index contributed by atoms with van der Waals surface area (Å²) in [4.78, 5) is 26.6. The molecule has 0 radical (unpaired) electrons. The molecule has 0 atom stereocenters. The van der Waals surface area contributed by atoms with Gasteiger partial charge in [0.1, 0.15) is 5.78 Å². The van der Waals surface area contributed by atoms with Crippen molar-refractivity contribution in [3.8, 4) is 0 Å². The second-order valence-corrected chi connectivity index (χ2v) is 8.44. The maximum atomic E-state index is 12.4. The summed E-state index contributed by atoms with van der Waals surface area (Å²) < 4.78 is 0. The summed E-state index contributed by atoms with van der Waals surface area (Å²) in [6.45, 7) is 3.14. The molecule has 0 spiro atoms. The average molecular weight is 476 g/mol. The highest BCUT2D eigenvalue weighted by Gasteiger charge is 2.09. The van der Waals surface area contributed by atoms with Gasteiger partial charge in [-0.1, -0.05) is 37.6 Å². The van der Waals surface area contributed by atoms with Gasteiger partial charge < -0.3 is 10.2 Å². The third-order valence-corrected chi connectivity index (χ3v) is 5.11. The Bertz CT molecular complexity index is 868. The van der Waals surface area contributed by atoms with Crippen molar-refractivity contribution in [1.82, 2.24) is 10.2 Å². The highest BCUT2D eigenvalue weighted by Crippen LogP contribution is 2.12. The zero-order chi connectivity index (χ0) is 22.6. The molecule has 2 aromatic carbocycles. The molecular weight excluding hydrogens is 442 g/mol. The van der Waals surface area contributed by atoms with E-state index in [4.69, 9.17) is 12.2 Å². The van der Waals surface area contributed by atoms with Crippen molar-refractivity contribution in [2.75, 3.05) is 26.0 Å². The normalized spacial score (nSPS) is 10.4. The van der Waals surface area contributed by atoms with Gasteiger partial charge in [-0.2, -0.15) is 0 Å². The Kier molecular flexibility index (Phi) is 12.8. The van der Waals surface area contributed by atoms with Gasteiger partial charge in [-0.15, -0.1) is 12.4 Å². The number of Topliss-reactive ketones (excluding diaryl/α,β-unsaturated/α-hetero) is 1. The van der Waals surface area contributed by atoms with E-state index in [2.05, 4.69) is 22.5 Å². The molecule has 0 aliphatic heterocycles. The highest BCUT2D eigenvalue weighted by molar-refractivity contribution is 7.80. The quantitative estimate of drug-likeness (QED) is 0.352. The standard InChI is InChI=1S/C25H33N3O2S.ClH/c1-4-7-19-9-13-21(14-10-19)24(30)27-25(31)26-22-15-11-20(12-16-22)18-23(29)8-5-6-17-28(2)3;/h9-16H,4-8,17-18H2,1-3H3,(H2,26,27,30,31);1H. The van der Waals surface area contributed by atoms with Gasteiger partial charge in [-0.3, -0.25) is 14.9 Å². The number of amides is 1. The van der Waals surface area contributed by atoms with Crippen LogP contribution >= 0.6 is 24.6 Å². The van der Waals surface area contributed by atoms with Crippen LogP contribution in [0.2, 0.25) is 0 Å². The summed E-state index contributed by atoms with van der Waals surface area (Å²) in [5, 5.41) is 5.96. The molecule has 0 aliphatic carbocycles. The molecular formula is C25H34ClN3O2S. The minimum atomic E-state index is -0.239. The summed E-state index contributed by atoms with van der Waals surface area (Å²) in [5.41, 5.74) is 3.53. The number of unbranched alkanes of at least 4 members (excludes halogenated alkanes) is 1. The molecule has 0 aromatic heterocycles. The third-order valence-electron chi connectivity index (χ3n) is 4.91. The van der Waals surface area contributed by atoms with Crippen LogP contribution in [-0.4, -0.2) is 42.3 Å². The van der Waals surface area contributed by atoms with E-state index in [1.54, 1.807) is 0 Å². The van der Waals surface area contributed by atoms with Gasteiger partial charge in [0.25, 0.3) is 5.91 Å². The Hall–Kier alpha value is -2.28. The van der Waals surface area contributed by atoms with Gasteiger partial charge >= 0.3 is 0 Å². The van der Waals surface area contributed by atoms with Crippen molar-refractivity contribution in [3.05, 3.63) is 65.2 Å². The van der Waals surface area contributed by atoms with Crippen molar-refractivity contribution < 1.29 is 9.59 Å². The minimum Gasteiger partial charge on any atom is -0.332 e. The molecule has 2 rings (SSSR count). The molecule has 1 amide bonds. The number of ketones is 1. The van der Waals surface area contributed by atoms with E-state index in [0.29, 0.717) is 18.4 Å². The minimum absolute atomic E-state index is 0. The van der Waals surface area contributed by atoms with Crippen LogP contribution in [0.25, 0.3) is 0 Å². The van der Waals surface area contributed by atoms with Crippen molar-refractivity contribution in [2.45, 2.75) is 45.4 Å². The first-order valence-corrected chi connectivity index (χ1v) is 11.2. The zero-order valence-electron chi connectivity index (χ0n) is 19.1. The second kappa shape index (κ2) is 14.7. The lowest BCUT2D eigenvalue weighted by atomic mass is 10.0. The molecule has 32 heavy (non-hydrogen) atoms. The smallest absolute Gasteiger partial charge is 0.257 e. The number of thiocarbonyl (C=S) groups is 1. The van der Waals surface area contributed by atoms with Gasteiger partial charge in [-0.25, -0.2) is 0 Å². The monoisotopic (exact) mass is 475 g/mol. The molecule has 0 bridgehead atoms. The fraction of sp³-hybridized carbons (Fsp3) is 0.400. The third kappa shape index (κ3) is 10.4. The topological polar surface area (TPSA) is 61.4 Å². The summed E-state index contributed by atoms with van der Waals surface area (Å²) in [5.74, 6) is 0.0178. The first kappa shape index (κ1) is 27.8. The molecule has 0 heterocycles. The van der Waals surface area contributed by atoms with Crippen LogP contribution in [-0.2, 0) is 17.6 Å². The molecule has 0 aliphatic rings. The SMILES string of the molecule is CCCc1ccc(C(=O)NC(=S)Nc2ccc(CC(=O)CCCCN(C)C)cc2)cc1.Cl. The van der Waals surface area contributed by atoms with Gasteiger partial charge in [0.15, 0.2) is 5.11 Å². The van der Waals surface area contributed by atoms with E-state index in [1.807, 2.05) is 62.6 Å². The van der Waals surface area contributed by atoms with Gasteiger partial charge in [0.05, 0.1) is 0 Å². The van der Waals surface area contributed by atoms with Crippen LogP contribution in [0.3, 0.4) is 0 Å². The predicted molar refractivity (Wildman–Crippen MR) is 139 cm³/mol. The van der Waals surface area contributed by atoms with Crippen LogP contribution in [0.5, 0.6) is 0 Å². The lowest BCUT2D eigenvalue weighted by Gasteiger charge is -2.11. The predicted octanol–water partition coefficient (Wildman–Crippen LogP) is 5.03. The second-order valence-electron chi connectivity index (χ2n) is 8.03. The Morgan fingerprint density at radius 3 is 2.16 bits per heavy atom. The Morgan fingerprint density at radius 1 is 0.938 bits per heavy atom. The molecule has 0 saturated carbocycles. The summed E-state index contributed by atoms with van der Waals surface area (Å²) >= 11 is 5.26. The summed E-state index contributed by atoms with van der Waals surface area (Å²) in [7, 11) is 4.08. The van der Waals surface area contributed by atoms with Gasteiger partial charge in [0, 0.05) is 24.1 Å². The number of hydrogen-bond acceptors (Lipinski definition) is 4. The molecule has 2 aromatic rings. The van der Waals surface area contributed by atoms with E-state index in [-0.39, 0.29) is 29.2 Å². The number of nitrogens with zero attached hydrogens (tertiary/aromatic N) is 1. The lowest BCUT2D eigenvalue weighted by molar-refractivity contribution is -0.118. The number of anilines is 1. The van der Waals surface area contributed by atoms with E-state index in [1.165, 1.54) is 5.56 Å². The molecule has 0 saturated heterocycles. The van der Waals surface area contributed by atoms with Crippen LogP contribution in [0.4, 0.5) is 5.69 Å². The number of benzene rings is 2. The molecule has 2 N–H and O–H groups in total. The van der Waals surface area contributed by atoms with Gasteiger partial charge in [-0.05, 0) is 87.5 Å². The maximum Gasteiger partial charge on any atom is 0.257 e. The fourth-order valence-electron chi connectivity index (χ4n) is 3.22. The number of aryl methyl sites for hydroxylation is 1. The van der Waals surface area contributed by atoms with Crippen LogP contribution in [0, 0.1) is 0 Å². The Balaban J connectivity index is 0.00000512. The number of carbonyl (C=O) groups is 2. The number of hydrogen-bond donors (Lipinski definition) is 2. The average Bonchev–Trinajstić information content (AvgIpc) is 2.73. The Labute approximate surface area is 203 Å². The molecule has 7 heteroatoms. The molecule has 5 nitrogen and oxygen atoms in total. The number of nitrogens with one attached hydrogen (secondary N) is 2. The Morgan fingerprint density at radius 2 is 1.56 bits per heavy atom. The number of rotatable bonds is 11.